The number of ether oxygens (including phenoxy) is 1. The van der Waals surface area contributed by atoms with E-state index in [-0.39, 0.29) is 18.1 Å². The second-order valence-corrected chi connectivity index (χ2v) is 7.97. The van der Waals surface area contributed by atoms with Crippen LogP contribution in [0.25, 0.3) is 22.5 Å². The Bertz CT molecular complexity index is 988. The maximum absolute atomic E-state index is 12.3. The topological polar surface area (TPSA) is 79.0 Å². The first-order chi connectivity index (χ1) is 14.6. The monoisotopic (exact) mass is 404 g/mol. The molecular formula is C24H28N4O2. The summed E-state index contributed by atoms with van der Waals surface area (Å²) < 4.78 is 6.08. The highest BCUT2D eigenvalue weighted by molar-refractivity contribution is 5.95. The van der Waals surface area contributed by atoms with E-state index in [1.165, 1.54) is 0 Å². The fourth-order valence-corrected chi connectivity index (χ4v) is 3.60. The summed E-state index contributed by atoms with van der Waals surface area (Å²) in [4.78, 5) is 12.3. The summed E-state index contributed by atoms with van der Waals surface area (Å²) in [6.07, 6.45) is 2.37. The highest BCUT2D eigenvalue weighted by atomic mass is 16.5. The number of hydrogen-bond acceptors (Lipinski definition) is 4. The van der Waals surface area contributed by atoms with Crippen molar-refractivity contribution in [2.75, 3.05) is 13.1 Å². The highest BCUT2D eigenvalue weighted by Gasteiger charge is 2.15. The van der Waals surface area contributed by atoms with E-state index in [9.17, 15) is 4.79 Å². The lowest BCUT2D eigenvalue weighted by atomic mass is 10.1. The molecule has 6 heteroatoms. The van der Waals surface area contributed by atoms with Crippen molar-refractivity contribution in [3.05, 3.63) is 60.2 Å². The standard InChI is InChI=1S/C24H28N4O2/c1-16(2)26-24(29)19-5-3-4-18(14-19)23-15-22(27-28-23)17-6-8-20(9-7-17)30-21-10-12-25-13-11-21/h3-9,14-16,21,25H,10-13H2,1-2H3,(H,26,29)(H,27,28). The van der Waals surface area contributed by atoms with Gasteiger partial charge in [0.25, 0.3) is 5.91 Å². The number of rotatable bonds is 6. The third-order valence-electron chi connectivity index (χ3n) is 5.17. The number of hydrogen-bond donors (Lipinski definition) is 3. The predicted octanol–water partition coefficient (Wildman–Crippen LogP) is 4.01. The number of nitrogens with zero attached hydrogens (tertiary/aromatic N) is 1. The molecule has 4 rings (SSSR count). The van der Waals surface area contributed by atoms with Crippen molar-refractivity contribution in [2.45, 2.75) is 38.8 Å². The fraction of sp³-hybridized carbons (Fsp3) is 0.333. The van der Waals surface area contributed by atoms with Gasteiger partial charge in [0, 0.05) is 17.2 Å². The lowest BCUT2D eigenvalue weighted by Crippen LogP contribution is -2.34. The number of carbonyl (C=O) groups is 1. The first kappa shape index (κ1) is 20.2. The van der Waals surface area contributed by atoms with Crippen LogP contribution in [0.4, 0.5) is 0 Å². The van der Waals surface area contributed by atoms with E-state index >= 15 is 0 Å². The van der Waals surface area contributed by atoms with Crippen molar-refractivity contribution in [3.63, 3.8) is 0 Å². The van der Waals surface area contributed by atoms with Crippen molar-refractivity contribution >= 4 is 5.91 Å². The molecule has 156 valence electrons. The number of piperidine rings is 1. The zero-order valence-electron chi connectivity index (χ0n) is 17.4. The van der Waals surface area contributed by atoms with Crippen LogP contribution >= 0.6 is 0 Å². The SMILES string of the molecule is CC(C)NC(=O)c1cccc(-c2cc(-c3ccc(OC4CCNCC4)cc3)[nH]n2)c1. The van der Waals surface area contributed by atoms with Crippen LogP contribution in [0.5, 0.6) is 5.75 Å². The van der Waals surface area contributed by atoms with Crippen molar-refractivity contribution < 1.29 is 9.53 Å². The molecule has 1 aliphatic rings. The molecule has 0 unspecified atom stereocenters. The molecule has 0 spiro atoms. The molecule has 3 aromatic rings. The molecule has 0 atom stereocenters. The molecule has 0 aliphatic carbocycles. The van der Waals surface area contributed by atoms with Gasteiger partial charge >= 0.3 is 0 Å². The number of nitrogens with one attached hydrogen (secondary N) is 3. The van der Waals surface area contributed by atoms with E-state index in [2.05, 4.69) is 20.8 Å². The fourth-order valence-electron chi connectivity index (χ4n) is 3.60. The van der Waals surface area contributed by atoms with Crippen LogP contribution in [0.2, 0.25) is 0 Å². The highest BCUT2D eigenvalue weighted by Crippen LogP contribution is 2.26. The second kappa shape index (κ2) is 9.13. The summed E-state index contributed by atoms with van der Waals surface area (Å²) in [7, 11) is 0. The Labute approximate surface area is 177 Å². The number of H-pyrrole nitrogens is 1. The molecule has 0 radical (unpaired) electrons. The summed E-state index contributed by atoms with van der Waals surface area (Å²) in [5.41, 5.74) is 4.31. The van der Waals surface area contributed by atoms with Gasteiger partial charge in [-0.2, -0.15) is 5.10 Å². The molecule has 1 amide bonds. The second-order valence-electron chi connectivity index (χ2n) is 7.97. The average molecular weight is 405 g/mol. The molecule has 1 aliphatic heterocycles. The normalized spacial score (nSPS) is 14.6. The number of benzene rings is 2. The predicted molar refractivity (Wildman–Crippen MR) is 119 cm³/mol. The van der Waals surface area contributed by atoms with Crippen LogP contribution in [-0.2, 0) is 0 Å². The molecule has 1 aromatic heterocycles. The summed E-state index contributed by atoms with van der Waals surface area (Å²) >= 11 is 0. The van der Waals surface area contributed by atoms with Crippen LogP contribution in [0.15, 0.2) is 54.6 Å². The van der Waals surface area contributed by atoms with Crippen molar-refractivity contribution in [3.8, 4) is 28.3 Å². The van der Waals surface area contributed by atoms with E-state index < -0.39 is 0 Å². The van der Waals surface area contributed by atoms with Crippen LogP contribution < -0.4 is 15.4 Å². The molecule has 6 nitrogen and oxygen atoms in total. The molecule has 0 bridgehead atoms. The Morgan fingerprint density at radius 2 is 1.83 bits per heavy atom. The summed E-state index contributed by atoms with van der Waals surface area (Å²) in [6, 6.07) is 17.7. The maximum Gasteiger partial charge on any atom is 0.251 e. The third kappa shape index (κ3) is 4.89. The van der Waals surface area contributed by atoms with Gasteiger partial charge in [0.2, 0.25) is 0 Å². The lowest BCUT2D eigenvalue weighted by molar-refractivity contribution is 0.0943. The van der Waals surface area contributed by atoms with E-state index in [0.717, 1.165) is 54.2 Å². The lowest BCUT2D eigenvalue weighted by Gasteiger charge is -2.23. The Hall–Kier alpha value is -3.12. The zero-order chi connectivity index (χ0) is 20.9. The Morgan fingerprint density at radius 3 is 2.57 bits per heavy atom. The van der Waals surface area contributed by atoms with Crippen LogP contribution in [0.3, 0.4) is 0 Å². The van der Waals surface area contributed by atoms with Gasteiger partial charge in [0.05, 0.1) is 11.4 Å². The summed E-state index contributed by atoms with van der Waals surface area (Å²) in [6.45, 7) is 5.93. The largest absolute Gasteiger partial charge is 0.490 e. The summed E-state index contributed by atoms with van der Waals surface area (Å²) in [5.74, 6) is 0.821. The minimum Gasteiger partial charge on any atom is -0.490 e. The van der Waals surface area contributed by atoms with Crippen LogP contribution in [0, 0.1) is 0 Å². The average Bonchev–Trinajstić information content (AvgIpc) is 3.25. The molecule has 3 N–H and O–H groups in total. The van der Waals surface area contributed by atoms with Gasteiger partial charge < -0.3 is 15.4 Å². The molecule has 2 aromatic carbocycles. The number of amides is 1. The zero-order valence-corrected chi connectivity index (χ0v) is 17.4. The Kier molecular flexibility index (Phi) is 6.14. The van der Waals surface area contributed by atoms with E-state index in [1.54, 1.807) is 0 Å². The quantitative estimate of drug-likeness (QED) is 0.580. The molecule has 30 heavy (non-hydrogen) atoms. The van der Waals surface area contributed by atoms with Gasteiger partial charge in [-0.1, -0.05) is 12.1 Å². The Balaban J connectivity index is 1.47. The van der Waals surface area contributed by atoms with Gasteiger partial charge in [-0.15, -0.1) is 0 Å². The minimum absolute atomic E-state index is 0.0769. The number of aromatic nitrogens is 2. The van der Waals surface area contributed by atoms with E-state index in [0.29, 0.717) is 5.56 Å². The van der Waals surface area contributed by atoms with Crippen molar-refractivity contribution in [2.24, 2.45) is 0 Å². The number of aromatic amines is 1. The van der Waals surface area contributed by atoms with Gasteiger partial charge in [0.15, 0.2) is 0 Å². The molecular weight excluding hydrogens is 376 g/mol. The van der Waals surface area contributed by atoms with Gasteiger partial charge in [-0.05, 0) is 87.8 Å². The minimum atomic E-state index is -0.0769. The van der Waals surface area contributed by atoms with E-state index in [4.69, 9.17) is 4.74 Å². The third-order valence-corrected chi connectivity index (χ3v) is 5.17. The maximum atomic E-state index is 12.3. The smallest absolute Gasteiger partial charge is 0.251 e. The van der Waals surface area contributed by atoms with Crippen LogP contribution in [-0.4, -0.2) is 41.3 Å². The molecule has 0 saturated carbocycles. The van der Waals surface area contributed by atoms with E-state index in [1.807, 2.05) is 68.4 Å². The van der Waals surface area contributed by atoms with Gasteiger partial charge in [-0.3, -0.25) is 9.89 Å². The Morgan fingerprint density at radius 1 is 1.07 bits per heavy atom. The molecule has 1 fully saturated rings. The molecule has 2 heterocycles. The summed E-state index contributed by atoms with van der Waals surface area (Å²) in [5, 5.41) is 13.8. The molecule has 1 saturated heterocycles. The first-order valence-electron chi connectivity index (χ1n) is 10.5. The first-order valence-corrected chi connectivity index (χ1v) is 10.5. The van der Waals surface area contributed by atoms with Gasteiger partial charge in [-0.25, -0.2) is 0 Å². The van der Waals surface area contributed by atoms with Crippen molar-refractivity contribution in [1.29, 1.82) is 0 Å². The van der Waals surface area contributed by atoms with Crippen molar-refractivity contribution in [1.82, 2.24) is 20.8 Å². The van der Waals surface area contributed by atoms with Crippen LogP contribution in [0.1, 0.15) is 37.0 Å². The van der Waals surface area contributed by atoms with Gasteiger partial charge in [0.1, 0.15) is 11.9 Å². The number of carbonyl (C=O) groups excluding carboxylic acids is 1.